The molecule has 0 spiro atoms. The third-order valence-electron chi connectivity index (χ3n) is 3.84. The second kappa shape index (κ2) is 5.52. The van der Waals surface area contributed by atoms with Crippen molar-refractivity contribution >= 4 is 22.9 Å². The molecule has 0 unspecified atom stereocenters. The van der Waals surface area contributed by atoms with E-state index in [0.29, 0.717) is 5.41 Å². The van der Waals surface area contributed by atoms with Crippen LogP contribution in [0, 0.1) is 5.41 Å². The third-order valence-corrected chi connectivity index (χ3v) is 5.07. The minimum absolute atomic E-state index is 0.584. The Balaban J connectivity index is 1.78. The molecule has 1 aromatic heterocycles. The lowest BCUT2D eigenvalue weighted by molar-refractivity contribution is 0.268. The largest absolute Gasteiger partial charge is 0.311 e. The maximum atomic E-state index is 5.91. The first-order chi connectivity index (χ1) is 7.74. The topological polar surface area (TPSA) is 12.0 Å². The molecule has 0 saturated heterocycles. The lowest BCUT2D eigenvalue weighted by Gasteiger charge is -2.27. The van der Waals surface area contributed by atoms with Gasteiger partial charge >= 0.3 is 0 Å². The molecule has 90 valence electrons. The summed E-state index contributed by atoms with van der Waals surface area (Å²) in [5, 5.41) is 3.60. The van der Waals surface area contributed by atoms with Gasteiger partial charge in [0.15, 0.2) is 0 Å². The van der Waals surface area contributed by atoms with Crippen molar-refractivity contribution in [2.24, 2.45) is 5.41 Å². The normalized spacial score (nSPS) is 19.1. The van der Waals surface area contributed by atoms with E-state index in [1.165, 1.54) is 43.5 Å². The van der Waals surface area contributed by atoms with Gasteiger partial charge in [-0.3, -0.25) is 0 Å². The van der Waals surface area contributed by atoms with Crippen molar-refractivity contribution in [3.05, 3.63) is 21.3 Å². The van der Waals surface area contributed by atoms with Gasteiger partial charge in [-0.15, -0.1) is 11.3 Å². The smallest absolute Gasteiger partial charge is 0.0931 e. The monoisotopic (exact) mass is 257 g/mol. The predicted octanol–water partition coefficient (Wildman–Crippen LogP) is 4.46. The molecule has 2 rings (SSSR count). The second-order valence-corrected chi connectivity index (χ2v) is 6.67. The van der Waals surface area contributed by atoms with Crippen molar-refractivity contribution in [3.8, 4) is 0 Å². The van der Waals surface area contributed by atoms with Crippen LogP contribution in [0.1, 0.15) is 43.9 Å². The Bertz CT molecular complexity index is 328. The molecule has 0 radical (unpaired) electrons. The zero-order valence-electron chi connectivity index (χ0n) is 9.89. The molecular formula is C13H20ClNS. The van der Waals surface area contributed by atoms with E-state index in [-0.39, 0.29) is 0 Å². The molecule has 1 N–H and O–H groups in total. The average Bonchev–Trinajstić information content (AvgIpc) is 2.89. The number of nitrogens with one attached hydrogen (secondary N) is 1. The molecule has 0 bridgehead atoms. The van der Waals surface area contributed by atoms with Crippen LogP contribution >= 0.6 is 22.9 Å². The summed E-state index contributed by atoms with van der Waals surface area (Å²) < 4.78 is 0.892. The zero-order valence-corrected chi connectivity index (χ0v) is 11.5. The average molecular weight is 258 g/mol. The SMILES string of the molecule is CCC1(CNCc2ccc(Cl)s2)CCCC1. The van der Waals surface area contributed by atoms with Crippen LogP contribution in [0.2, 0.25) is 4.34 Å². The molecule has 1 aliphatic rings. The maximum absolute atomic E-state index is 5.91. The van der Waals surface area contributed by atoms with Crippen LogP contribution in [0.15, 0.2) is 12.1 Å². The molecule has 1 saturated carbocycles. The standard InChI is InChI=1S/C13H20ClNS/c1-2-13(7-3-4-8-13)10-15-9-11-5-6-12(14)16-11/h5-6,15H,2-4,7-10H2,1H3. The van der Waals surface area contributed by atoms with Crippen LogP contribution in [0.25, 0.3) is 0 Å². The number of hydrogen-bond donors (Lipinski definition) is 1. The van der Waals surface area contributed by atoms with Crippen LogP contribution in [0.4, 0.5) is 0 Å². The molecular weight excluding hydrogens is 238 g/mol. The Labute approximate surface area is 107 Å². The molecule has 1 fully saturated rings. The molecule has 1 nitrogen and oxygen atoms in total. The highest BCUT2D eigenvalue weighted by Crippen LogP contribution is 2.40. The van der Waals surface area contributed by atoms with E-state index in [0.717, 1.165) is 10.9 Å². The molecule has 0 amide bonds. The van der Waals surface area contributed by atoms with E-state index in [1.807, 2.05) is 6.07 Å². The fourth-order valence-corrected chi connectivity index (χ4v) is 3.74. The van der Waals surface area contributed by atoms with Crippen molar-refractivity contribution in [1.82, 2.24) is 5.32 Å². The van der Waals surface area contributed by atoms with E-state index in [2.05, 4.69) is 18.3 Å². The molecule has 16 heavy (non-hydrogen) atoms. The van der Waals surface area contributed by atoms with Crippen molar-refractivity contribution in [1.29, 1.82) is 0 Å². The van der Waals surface area contributed by atoms with Gasteiger partial charge in [0.05, 0.1) is 4.34 Å². The molecule has 0 atom stereocenters. The highest BCUT2D eigenvalue weighted by molar-refractivity contribution is 7.16. The second-order valence-electron chi connectivity index (χ2n) is 4.87. The molecule has 1 aliphatic carbocycles. The predicted molar refractivity (Wildman–Crippen MR) is 72.2 cm³/mol. The molecule has 3 heteroatoms. The minimum atomic E-state index is 0.584. The molecule has 1 heterocycles. The summed E-state index contributed by atoms with van der Waals surface area (Å²) in [7, 11) is 0. The van der Waals surface area contributed by atoms with Crippen LogP contribution < -0.4 is 5.32 Å². The van der Waals surface area contributed by atoms with Gasteiger partial charge in [-0.25, -0.2) is 0 Å². The maximum Gasteiger partial charge on any atom is 0.0931 e. The number of halogens is 1. The zero-order chi connectivity index (χ0) is 11.4. The first-order valence-corrected chi connectivity index (χ1v) is 7.38. The Kier molecular flexibility index (Phi) is 4.28. The van der Waals surface area contributed by atoms with Crippen molar-refractivity contribution in [2.45, 2.75) is 45.6 Å². The number of rotatable bonds is 5. The molecule has 0 aliphatic heterocycles. The van der Waals surface area contributed by atoms with Gasteiger partial charge < -0.3 is 5.32 Å². The fourth-order valence-electron chi connectivity index (χ4n) is 2.68. The molecule has 1 aromatic rings. The van der Waals surface area contributed by atoms with Crippen LogP contribution in [0.3, 0.4) is 0 Å². The Morgan fingerprint density at radius 1 is 1.38 bits per heavy atom. The summed E-state index contributed by atoms with van der Waals surface area (Å²) in [6.45, 7) is 4.47. The highest BCUT2D eigenvalue weighted by atomic mass is 35.5. The summed E-state index contributed by atoms with van der Waals surface area (Å²) in [6.07, 6.45) is 6.95. The third kappa shape index (κ3) is 2.99. The lowest BCUT2D eigenvalue weighted by Crippen LogP contribution is -2.31. The van der Waals surface area contributed by atoms with Gasteiger partial charge in [0.2, 0.25) is 0 Å². The highest BCUT2D eigenvalue weighted by Gasteiger charge is 2.31. The quantitative estimate of drug-likeness (QED) is 0.821. The summed E-state index contributed by atoms with van der Waals surface area (Å²) in [4.78, 5) is 1.34. The number of hydrogen-bond acceptors (Lipinski definition) is 2. The first kappa shape index (κ1) is 12.4. The number of thiophene rings is 1. The van der Waals surface area contributed by atoms with Crippen molar-refractivity contribution < 1.29 is 0 Å². The van der Waals surface area contributed by atoms with Crippen molar-refractivity contribution in [3.63, 3.8) is 0 Å². The van der Waals surface area contributed by atoms with E-state index in [9.17, 15) is 0 Å². The van der Waals surface area contributed by atoms with Gasteiger partial charge in [0, 0.05) is 18.0 Å². The van der Waals surface area contributed by atoms with E-state index in [4.69, 9.17) is 11.6 Å². The first-order valence-electron chi connectivity index (χ1n) is 6.19. The molecule has 0 aromatic carbocycles. The van der Waals surface area contributed by atoms with Crippen LogP contribution in [-0.2, 0) is 6.54 Å². The van der Waals surface area contributed by atoms with Crippen molar-refractivity contribution in [2.75, 3.05) is 6.54 Å². The fraction of sp³-hybridized carbons (Fsp3) is 0.692. The van der Waals surface area contributed by atoms with E-state index in [1.54, 1.807) is 11.3 Å². The van der Waals surface area contributed by atoms with Crippen LogP contribution in [-0.4, -0.2) is 6.54 Å². The summed E-state index contributed by atoms with van der Waals surface area (Å²) in [5.74, 6) is 0. The summed E-state index contributed by atoms with van der Waals surface area (Å²) in [5.41, 5.74) is 0.584. The summed E-state index contributed by atoms with van der Waals surface area (Å²) in [6, 6.07) is 4.10. The lowest BCUT2D eigenvalue weighted by atomic mass is 9.83. The van der Waals surface area contributed by atoms with Gasteiger partial charge in [-0.2, -0.15) is 0 Å². The van der Waals surface area contributed by atoms with E-state index < -0.39 is 0 Å². The van der Waals surface area contributed by atoms with Gasteiger partial charge in [0.25, 0.3) is 0 Å². The van der Waals surface area contributed by atoms with Gasteiger partial charge in [-0.05, 0) is 36.8 Å². The van der Waals surface area contributed by atoms with Gasteiger partial charge in [-0.1, -0.05) is 31.4 Å². The summed E-state index contributed by atoms with van der Waals surface area (Å²) >= 11 is 7.59. The Hall–Kier alpha value is -0.0500. The Morgan fingerprint density at radius 3 is 2.69 bits per heavy atom. The van der Waals surface area contributed by atoms with Gasteiger partial charge in [0.1, 0.15) is 0 Å². The van der Waals surface area contributed by atoms with E-state index >= 15 is 0 Å². The minimum Gasteiger partial charge on any atom is -0.311 e. The van der Waals surface area contributed by atoms with Crippen LogP contribution in [0.5, 0.6) is 0 Å². The Morgan fingerprint density at radius 2 is 2.12 bits per heavy atom.